The van der Waals surface area contributed by atoms with Crippen LogP contribution in [0.1, 0.15) is 62.7 Å². The van der Waals surface area contributed by atoms with Crippen LogP contribution in [0.2, 0.25) is 0 Å². The molecule has 1 aliphatic heterocycles. The van der Waals surface area contributed by atoms with Crippen LogP contribution in [0.5, 0.6) is 0 Å². The van der Waals surface area contributed by atoms with Crippen LogP contribution in [0.3, 0.4) is 0 Å². The summed E-state index contributed by atoms with van der Waals surface area (Å²) >= 11 is 0. The summed E-state index contributed by atoms with van der Waals surface area (Å²) in [6.07, 6.45) is 4.77. The number of hydrogen-bond donors (Lipinski definition) is 2. The number of fused-ring (bicyclic) bond motifs is 1. The minimum absolute atomic E-state index is 0.250. The smallest absolute Gasteiger partial charge is 0.0943 e. The van der Waals surface area contributed by atoms with E-state index >= 15 is 0 Å². The molecule has 0 radical (unpaired) electrons. The summed E-state index contributed by atoms with van der Waals surface area (Å²) < 4.78 is 0. The van der Waals surface area contributed by atoms with Gasteiger partial charge in [-0.2, -0.15) is 0 Å². The van der Waals surface area contributed by atoms with Crippen LogP contribution in [-0.4, -0.2) is 17.2 Å². The van der Waals surface area contributed by atoms with Crippen molar-refractivity contribution >= 4 is 0 Å². The van der Waals surface area contributed by atoms with Gasteiger partial charge in [0, 0.05) is 12.1 Å². The number of nitrogens with one attached hydrogen (secondary N) is 1. The molecule has 0 bridgehead atoms. The predicted molar refractivity (Wildman–Crippen MR) is 78.2 cm³/mol. The van der Waals surface area contributed by atoms with Gasteiger partial charge in [0.05, 0.1) is 6.10 Å². The maximum atomic E-state index is 10.5. The molecule has 4 atom stereocenters. The Morgan fingerprint density at radius 2 is 1.79 bits per heavy atom. The molecule has 2 N–H and O–H groups in total. The lowest BCUT2D eigenvalue weighted by atomic mass is 9.94. The first-order valence-electron chi connectivity index (χ1n) is 7.69. The molecule has 1 saturated carbocycles. The molecule has 1 aliphatic carbocycles. The molecule has 2 fully saturated rings. The van der Waals surface area contributed by atoms with Gasteiger partial charge in [-0.25, -0.2) is 0 Å². The van der Waals surface area contributed by atoms with Gasteiger partial charge in [-0.15, -0.1) is 0 Å². The number of aliphatic hydroxyl groups excluding tert-OH is 1. The zero-order valence-corrected chi connectivity index (χ0v) is 12.0. The molecule has 1 aromatic carbocycles. The topological polar surface area (TPSA) is 32.3 Å². The first kappa shape index (κ1) is 13.1. The second-order valence-corrected chi connectivity index (χ2v) is 6.57. The zero-order chi connectivity index (χ0) is 13.4. The minimum Gasteiger partial charge on any atom is -0.387 e. The lowest BCUT2D eigenvalue weighted by molar-refractivity contribution is 0.133. The average molecular weight is 259 g/mol. The molecule has 2 nitrogen and oxygen atoms in total. The Kier molecular flexibility index (Phi) is 3.64. The van der Waals surface area contributed by atoms with Crippen molar-refractivity contribution in [1.82, 2.24) is 5.32 Å². The second kappa shape index (κ2) is 5.26. The van der Waals surface area contributed by atoms with E-state index in [1.54, 1.807) is 0 Å². The lowest BCUT2D eigenvalue weighted by Gasteiger charge is -2.21. The van der Waals surface area contributed by atoms with Crippen LogP contribution < -0.4 is 5.32 Å². The fourth-order valence-electron chi connectivity index (χ4n) is 3.74. The van der Waals surface area contributed by atoms with E-state index in [1.807, 2.05) is 0 Å². The van der Waals surface area contributed by atoms with Crippen LogP contribution >= 0.6 is 0 Å². The van der Waals surface area contributed by atoms with Crippen molar-refractivity contribution in [2.24, 2.45) is 5.92 Å². The van der Waals surface area contributed by atoms with Gasteiger partial charge in [-0.1, -0.05) is 44.5 Å². The van der Waals surface area contributed by atoms with E-state index in [-0.39, 0.29) is 12.1 Å². The molecule has 1 heterocycles. The molecule has 2 aliphatic rings. The molecule has 0 aromatic heterocycles. The minimum atomic E-state index is -0.355. The van der Waals surface area contributed by atoms with Crippen molar-refractivity contribution in [3.8, 4) is 0 Å². The maximum Gasteiger partial charge on any atom is 0.0943 e. The lowest BCUT2D eigenvalue weighted by Crippen LogP contribution is -2.33. The van der Waals surface area contributed by atoms with Crippen molar-refractivity contribution in [3.05, 3.63) is 35.4 Å². The van der Waals surface area contributed by atoms with Crippen molar-refractivity contribution in [3.63, 3.8) is 0 Å². The van der Waals surface area contributed by atoms with Gasteiger partial charge < -0.3 is 10.4 Å². The summed E-state index contributed by atoms with van der Waals surface area (Å²) in [6, 6.07) is 9.40. The molecule has 2 heteroatoms. The van der Waals surface area contributed by atoms with Gasteiger partial charge in [0.15, 0.2) is 0 Å². The number of benzene rings is 1. The van der Waals surface area contributed by atoms with E-state index in [2.05, 4.69) is 43.4 Å². The third-order valence-corrected chi connectivity index (χ3v) is 4.97. The van der Waals surface area contributed by atoms with Crippen LogP contribution in [0, 0.1) is 5.92 Å². The summed E-state index contributed by atoms with van der Waals surface area (Å²) in [5.41, 5.74) is 2.40. The average Bonchev–Trinajstić information content (AvgIpc) is 2.98. The van der Waals surface area contributed by atoms with E-state index in [1.165, 1.54) is 24.8 Å². The number of rotatable bonds is 3. The maximum absolute atomic E-state index is 10.5. The van der Waals surface area contributed by atoms with E-state index in [4.69, 9.17) is 0 Å². The molecule has 0 unspecified atom stereocenters. The molecule has 0 spiro atoms. The molecule has 0 amide bonds. The Morgan fingerprint density at radius 1 is 1.11 bits per heavy atom. The summed E-state index contributed by atoms with van der Waals surface area (Å²) in [7, 11) is 0. The van der Waals surface area contributed by atoms with E-state index in [0.717, 1.165) is 17.9 Å². The predicted octanol–water partition coefficient (Wildman–Crippen LogP) is 3.37. The molecule has 3 rings (SSSR count). The first-order valence-corrected chi connectivity index (χ1v) is 7.69. The van der Waals surface area contributed by atoms with Crippen molar-refractivity contribution in [2.45, 2.75) is 63.6 Å². The highest BCUT2D eigenvalue weighted by Gasteiger charge is 2.39. The Hall–Kier alpha value is -0.860. The van der Waals surface area contributed by atoms with Crippen LogP contribution in [0.4, 0.5) is 0 Å². The van der Waals surface area contributed by atoms with Gasteiger partial charge in [0.25, 0.3) is 0 Å². The van der Waals surface area contributed by atoms with Crippen LogP contribution in [0.15, 0.2) is 24.3 Å². The van der Waals surface area contributed by atoms with Crippen molar-refractivity contribution in [1.29, 1.82) is 0 Å². The largest absolute Gasteiger partial charge is 0.387 e. The quantitative estimate of drug-likeness (QED) is 0.872. The molecule has 19 heavy (non-hydrogen) atoms. The Balaban J connectivity index is 1.68. The normalized spacial score (nSPS) is 31.7. The fraction of sp³-hybridized carbons (Fsp3) is 0.647. The van der Waals surface area contributed by atoms with E-state index in [0.29, 0.717) is 12.0 Å². The zero-order valence-electron chi connectivity index (χ0n) is 12.0. The summed E-state index contributed by atoms with van der Waals surface area (Å²) in [5.74, 6) is 1.35. The first-order chi connectivity index (χ1) is 9.15. The highest BCUT2D eigenvalue weighted by atomic mass is 16.3. The van der Waals surface area contributed by atoms with Gasteiger partial charge in [0.1, 0.15) is 0 Å². The van der Waals surface area contributed by atoms with E-state index < -0.39 is 0 Å². The van der Waals surface area contributed by atoms with Gasteiger partial charge in [-0.3, -0.25) is 0 Å². The third kappa shape index (κ3) is 2.56. The Labute approximate surface area is 116 Å². The number of hydrogen-bond acceptors (Lipinski definition) is 2. The summed E-state index contributed by atoms with van der Waals surface area (Å²) in [5, 5.41) is 14.2. The highest BCUT2D eigenvalue weighted by Crippen LogP contribution is 2.38. The molecule has 1 aromatic rings. The van der Waals surface area contributed by atoms with E-state index in [9.17, 15) is 5.11 Å². The van der Waals surface area contributed by atoms with Crippen molar-refractivity contribution < 1.29 is 5.11 Å². The summed E-state index contributed by atoms with van der Waals surface area (Å²) in [4.78, 5) is 0. The Bertz CT molecular complexity index is 413. The third-order valence-electron chi connectivity index (χ3n) is 4.97. The van der Waals surface area contributed by atoms with Gasteiger partial charge in [-0.05, 0) is 42.2 Å². The molecular formula is C17H25NO. The molecule has 104 valence electrons. The standard InChI is InChI=1S/C17H25NO/c1-11(2)12-6-8-13(9-7-12)17(19)16-10-14-4-3-5-15(14)18-16/h6-9,11,14-19H,3-5,10H2,1-2H3/t14-,15-,16+,17-/m1/s1. The summed E-state index contributed by atoms with van der Waals surface area (Å²) in [6.45, 7) is 4.40. The van der Waals surface area contributed by atoms with Crippen LogP contribution in [0.25, 0.3) is 0 Å². The van der Waals surface area contributed by atoms with Gasteiger partial charge >= 0.3 is 0 Å². The molecular weight excluding hydrogens is 234 g/mol. The van der Waals surface area contributed by atoms with Gasteiger partial charge in [0.2, 0.25) is 0 Å². The SMILES string of the molecule is CC(C)c1ccc([C@@H](O)[C@@H]2C[C@H]3CCC[C@H]3N2)cc1. The second-order valence-electron chi connectivity index (χ2n) is 6.57. The fourth-order valence-corrected chi connectivity index (χ4v) is 3.74. The number of aliphatic hydroxyl groups is 1. The van der Waals surface area contributed by atoms with Crippen molar-refractivity contribution in [2.75, 3.05) is 0 Å². The molecule has 1 saturated heterocycles. The Morgan fingerprint density at radius 3 is 2.42 bits per heavy atom. The highest BCUT2D eigenvalue weighted by molar-refractivity contribution is 5.27. The monoisotopic (exact) mass is 259 g/mol. The van der Waals surface area contributed by atoms with Crippen LogP contribution in [-0.2, 0) is 0 Å².